The van der Waals surface area contributed by atoms with Crippen molar-refractivity contribution < 1.29 is 24.8 Å². The van der Waals surface area contributed by atoms with Gasteiger partial charge in [-0.15, -0.1) is 0 Å². The Kier molecular flexibility index (Phi) is 10.2. The van der Waals surface area contributed by atoms with E-state index < -0.39 is 12.2 Å². The maximum absolute atomic E-state index is 8.93. The number of aliphatic hydroxyl groups is 3. The van der Waals surface area contributed by atoms with Gasteiger partial charge in [0.25, 0.3) is 0 Å². The molecule has 2 atom stereocenters. The molecule has 0 saturated heterocycles. The van der Waals surface area contributed by atoms with Gasteiger partial charge in [0.05, 0.1) is 25.9 Å². The zero-order chi connectivity index (χ0) is 11.5. The van der Waals surface area contributed by atoms with E-state index in [0.717, 1.165) is 12.8 Å². The van der Waals surface area contributed by atoms with Crippen molar-refractivity contribution in [1.29, 1.82) is 0 Å². The molecule has 0 rings (SSSR count). The lowest BCUT2D eigenvalue weighted by Crippen LogP contribution is -2.19. The molecular weight excluding hydrogens is 200 g/mol. The number of ether oxygens (including phenoxy) is 2. The van der Waals surface area contributed by atoms with Gasteiger partial charge in [-0.1, -0.05) is 0 Å². The molecule has 0 amide bonds. The van der Waals surface area contributed by atoms with Crippen molar-refractivity contribution in [2.24, 2.45) is 0 Å². The van der Waals surface area contributed by atoms with Gasteiger partial charge in [-0.25, -0.2) is 0 Å². The van der Waals surface area contributed by atoms with Crippen LogP contribution in [-0.4, -0.2) is 60.6 Å². The summed E-state index contributed by atoms with van der Waals surface area (Å²) >= 11 is 0. The Labute approximate surface area is 90.6 Å². The largest absolute Gasteiger partial charge is 0.394 e. The molecule has 0 fully saturated rings. The van der Waals surface area contributed by atoms with E-state index in [1.807, 2.05) is 0 Å². The summed E-state index contributed by atoms with van der Waals surface area (Å²) in [7, 11) is 0. The SMILES string of the molecule is CC(O)COCCCCOCC(O)CO. The van der Waals surface area contributed by atoms with Gasteiger partial charge in [-0.2, -0.15) is 0 Å². The second-order valence-electron chi connectivity index (χ2n) is 3.54. The van der Waals surface area contributed by atoms with Gasteiger partial charge >= 0.3 is 0 Å². The topological polar surface area (TPSA) is 79.2 Å². The fourth-order valence-electron chi connectivity index (χ4n) is 0.934. The highest BCUT2D eigenvalue weighted by Gasteiger charge is 2.00. The summed E-state index contributed by atoms with van der Waals surface area (Å²) in [5.74, 6) is 0. The monoisotopic (exact) mass is 222 g/mol. The quantitative estimate of drug-likeness (QED) is 0.436. The van der Waals surface area contributed by atoms with E-state index in [1.165, 1.54) is 0 Å². The van der Waals surface area contributed by atoms with Crippen LogP contribution >= 0.6 is 0 Å². The molecule has 5 nitrogen and oxygen atoms in total. The minimum atomic E-state index is -0.781. The molecular formula is C10H22O5. The first-order valence-corrected chi connectivity index (χ1v) is 5.29. The molecule has 0 spiro atoms. The van der Waals surface area contributed by atoms with Crippen LogP contribution in [0.5, 0.6) is 0 Å². The predicted octanol–water partition coefficient (Wildman–Crippen LogP) is -0.466. The van der Waals surface area contributed by atoms with Crippen molar-refractivity contribution >= 4 is 0 Å². The molecule has 0 saturated carbocycles. The van der Waals surface area contributed by atoms with Crippen LogP contribution in [0.1, 0.15) is 19.8 Å². The molecule has 0 aromatic heterocycles. The minimum Gasteiger partial charge on any atom is -0.394 e. The summed E-state index contributed by atoms with van der Waals surface area (Å²) in [5, 5.41) is 26.3. The molecule has 92 valence electrons. The third kappa shape index (κ3) is 11.7. The van der Waals surface area contributed by atoms with Crippen molar-refractivity contribution in [3.63, 3.8) is 0 Å². The Hall–Kier alpha value is -0.200. The third-order valence-electron chi connectivity index (χ3n) is 1.71. The van der Waals surface area contributed by atoms with Crippen LogP contribution in [0, 0.1) is 0 Å². The summed E-state index contributed by atoms with van der Waals surface area (Å²) < 4.78 is 10.2. The van der Waals surface area contributed by atoms with Gasteiger partial charge in [-0.05, 0) is 19.8 Å². The Morgan fingerprint density at radius 2 is 1.53 bits per heavy atom. The second kappa shape index (κ2) is 10.3. The van der Waals surface area contributed by atoms with Gasteiger partial charge in [-0.3, -0.25) is 0 Å². The molecule has 5 heteroatoms. The lowest BCUT2D eigenvalue weighted by molar-refractivity contribution is 0.00196. The Morgan fingerprint density at radius 3 is 2.00 bits per heavy atom. The van der Waals surface area contributed by atoms with Gasteiger partial charge in [0.1, 0.15) is 6.10 Å². The zero-order valence-electron chi connectivity index (χ0n) is 9.26. The number of hydrogen-bond donors (Lipinski definition) is 3. The van der Waals surface area contributed by atoms with Gasteiger partial charge in [0.15, 0.2) is 0 Å². The van der Waals surface area contributed by atoms with E-state index in [0.29, 0.717) is 19.8 Å². The van der Waals surface area contributed by atoms with E-state index in [4.69, 9.17) is 24.8 Å². The van der Waals surface area contributed by atoms with Crippen molar-refractivity contribution in [3.8, 4) is 0 Å². The van der Waals surface area contributed by atoms with Crippen LogP contribution in [-0.2, 0) is 9.47 Å². The average molecular weight is 222 g/mol. The lowest BCUT2D eigenvalue weighted by atomic mass is 10.3. The second-order valence-corrected chi connectivity index (χ2v) is 3.54. The molecule has 0 aromatic carbocycles. The summed E-state index contributed by atoms with van der Waals surface area (Å²) in [6, 6.07) is 0. The number of unbranched alkanes of at least 4 members (excludes halogenated alkanes) is 1. The van der Waals surface area contributed by atoms with Crippen LogP contribution in [0.3, 0.4) is 0 Å². The zero-order valence-corrected chi connectivity index (χ0v) is 9.26. The Morgan fingerprint density at radius 1 is 1.00 bits per heavy atom. The molecule has 0 radical (unpaired) electrons. The van der Waals surface area contributed by atoms with Crippen molar-refractivity contribution in [2.45, 2.75) is 32.0 Å². The first-order valence-electron chi connectivity index (χ1n) is 5.29. The standard InChI is InChI=1S/C10H22O5/c1-9(12)7-14-4-2-3-5-15-8-10(13)6-11/h9-13H,2-8H2,1H3. The maximum atomic E-state index is 8.93. The highest BCUT2D eigenvalue weighted by atomic mass is 16.5. The van der Waals surface area contributed by atoms with Gasteiger partial charge in [0.2, 0.25) is 0 Å². The van der Waals surface area contributed by atoms with Crippen molar-refractivity contribution in [1.82, 2.24) is 0 Å². The van der Waals surface area contributed by atoms with E-state index in [1.54, 1.807) is 6.92 Å². The normalized spacial score (nSPS) is 15.2. The van der Waals surface area contributed by atoms with Crippen molar-refractivity contribution in [2.75, 3.05) is 33.0 Å². The average Bonchev–Trinajstić information content (AvgIpc) is 2.21. The van der Waals surface area contributed by atoms with Crippen LogP contribution < -0.4 is 0 Å². The maximum Gasteiger partial charge on any atom is 0.100 e. The molecule has 2 unspecified atom stereocenters. The van der Waals surface area contributed by atoms with Crippen LogP contribution in [0.4, 0.5) is 0 Å². The summed E-state index contributed by atoms with van der Waals surface area (Å²) in [5.41, 5.74) is 0. The van der Waals surface area contributed by atoms with E-state index in [2.05, 4.69) is 0 Å². The Balaban J connectivity index is 2.99. The van der Waals surface area contributed by atoms with Gasteiger partial charge in [0, 0.05) is 13.2 Å². The number of rotatable bonds is 10. The molecule has 0 aliphatic carbocycles. The molecule has 3 N–H and O–H groups in total. The highest BCUT2D eigenvalue weighted by Crippen LogP contribution is 1.94. The molecule has 15 heavy (non-hydrogen) atoms. The van der Waals surface area contributed by atoms with E-state index in [-0.39, 0.29) is 13.2 Å². The fourth-order valence-corrected chi connectivity index (χ4v) is 0.934. The van der Waals surface area contributed by atoms with Crippen LogP contribution in [0.2, 0.25) is 0 Å². The van der Waals surface area contributed by atoms with Crippen LogP contribution in [0.25, 0.3) is 0 Å². The first kappa shape index (κ1) is 14.8. The molecule has 0 bridgehead atoms. The lowest BCUT2D eigenvalue weighted by Gasteiger charge is -2.08. The smallest absolute Gasteiger partial charge is 0.100 e. The summed E-state index contributed by atoms with van der Waals surface area (Å²) in [4.78, 5) is 0. The minimum absolute atomic E-state index is 0.172. The molecule has 0 heterocycles. The van der Waals surface area contributed by atoms with Crippen LogP contribution in [0.15, 0.2) is 0 Å². The predicted molar refractivity (Wildman–Crippen MR) is 55.6 cm³/mol. The fraction of sp³-hybridized carbons (Fsp3) is 1.00. The van der Waals surface area contributed by atoms with Gasteiger partial charge < -0.3 is 24.8 Å². The molecule has 0 aliphatic rings. The molecule has 0 aromatic rings. The first-order chi connectivity index (χ1) is 7.16. The van der Waals surface area contributed by atoms with E-state index in [9.17, 15) is 0 Å². The summed E-state index contributed by atoms with van der Waals surface area (Å²) in [6.07, 6.45) is 0.511. The molecule has 0 aliphatic heterocycles. The number of aliphatic hydroxyl groups excluding tert-OH is 3. The van der Waals surface area contributed by atoms with Crippen molar-refractivity contribution in [3.05, 3.63) is 0 Å². The Bertz CT molecular complexity index is 129. The van der Waals surface area contributed by atoms with E-state index >= 15 is 0 Å². The highest BCUT2D eigenvalue weighted by molar-refractivity contribution is 4.49. The number of hydrogen-bond acceptors (Lipinski definition) is 5. The summed E-state index contributed by atoms with van der Waals surface area (Å²) in [6.45, 7) is 3.11. The third-order valence-corrected chi connectivity index (χ3v) is 1.71.